The number of aliphatic imine (C=N–C) groups is 1. The summed E-state index contributed by atoms with van der Waals surface area (Å²) >= 11 is 0. The number of nitrogens with one attached hydrogen (secondary N) is 3. The van der Waals surface area contributed by atoms with E-state index < -0.39 is 0 Å². The van der Waals surface area contributed by atoms with E-state index in [0.717, 1.165) is 51.3 Å². The molecule has 0 aromatic carbocycles. The number of piperazine rings is 1. The smallest absolute Gasteiger partial charge is 0.287 e. The molecule has 1 saturated heterocycles. The molecular formula is C25H37N7O. The largest absolute Gasteiger partial charge is 0.346 e. The molecule has 1 fully saturated rings. The molecule has 1 aliphatic heterocycles. The zero-order valence-electron chi connectivity index (χ0n) is 20.4. The van der Waals surface area contributed by atoms with Crippen molar-refractivity contribution < 1.29 is 4.79 Å². The van der Waals surface area contributed by atoms with Gasteiger partial charge in [0.15, 0.2) is 5.82 Å². The SMILES string of the molecule is CC1(C)CC=C(CN=C(/C=C\CNC(=O)c2ncc(C#N)[nH]2)C(C)(C)N2CCNCC2)CC1. The van der Waals surface area contributed by atoms with Crippen molar-refractivity contribution in [1.82, 2.24) is 25.5 Å². The van der Waals surface area contributed by atoms with Crippen LogP contribution in [0.15, 0.2) is 35.0 Å². The lowest BCUT2D eigenvalue weighted by molar-refractivity contribution is 0.0948. The highest BCUT2D eigenvalue weighted by Crippen LogP contribution is 2.34. The zero-order chi connectivity index (χ0) is 23.9. The van der Waals surface area contributed by atoms with E-state index >= 15 is 0 Å². The lowest BCUT2D eigenvalue weighted by Crippen LogP contribution is -2.56. The van der Waals surface area contributed by atoms with Crippen LogP contribution in [0.4, 0.5) is 0 Å². The molecular weight excluding hydrogens is 414 g/mol. The molecule has 2 heterocycles. The summed E-state index contributed by atoms with van der Waals surface area (Å²) in [6.07, 6.45) is 11.1. The van der Waals surface area contributed by atoms with Gasteiger partial charge in [0.2, 0.25) is 0 Å². The average molecular weight is 452 g/mol. The van der Waals surface area contributed by atoms with Crippen LogP contribution in [0.2, 0.25) is 0 Å². The Hall–Kier alpha value is -2.76. The number of aromatic amines is 1. The summed E-state index contributed by atoms with van der Waals surface area (Å²) in [6.45, 7) is 14.1. The Morgan fingerprint density at radius 3 is 2.79 bits per heavy atom. The lowest BCUT2D eigenvalue weighted by atomic mass is 9.78. The number of carbonyl (C=O) groups is 1. The second-order valence-electron chi connectivity index (χ2n) is 10.1. The maximum atomic E-state index is 12.2. The molecule has 33 heavy (non-hydrogen) atoms. The molecule has 0 bridgehead atoms. The normalized spacial score (nSPS) is 19.8. The Labute approximate surface area is 197 Å². The van der Waals surface area contributed by atoms with Crippen molar-refractivity contribution in [2.75, 3.05) is 39.3 Å². The summed E-state index contributed by atoms with van der Waals surface area (Å²) in [5, 5.41) is 15.1. The molecule has 3 N–H and O–H groups in total. The molecule has 3 rings (SSSR count). The van der Waals surface area contributed by atoms with Crippen LogP contribution in [0.25, 0.3) is 0 Å². The van der Waals surface area contributed by atoms with Crippen LogP contribution in [-0.2, 0) is 0 Å². The van der Waals surface area contributed by atoms with Crippen molar-refractivity contribution in [3.63, 3.8) is 0 Å². The highest BCUT2D eigenvalue weighted by molar-refractivity contribution is 6.02. The molecule has 8 heteroatoms. The van der Waals surface area contributed by atoms with E-state index in [9.17, 15) is 4.79 Å². The van der Waals surface area contributed by atoms with E-state index in [1.54, 1.807) is 0 Å². The summed E-state index contributed by atoms with van der Waals surface area (Å²) < 4.78 is 0. The van der Waals surface area contributed by atoms with Gasteiger partial charge in [-0.05, 0) is 44.6 Å². The van der Waals surface area contributed by atoms with E-state index in [4.69, 9.17) is 10.3 Å². The van der Waals surface area contributed by atoms with Crippen LogP contribution in [0, 0.1) is 16.7 Å². The maximum Gasteiger partial charge on any atom is 0.287 e. The first kappa shape index (κ1) is 24.9. The van der Waals surface area contributed by atoms with E-state index in [0.29, 0.717) is 12.0 Å². The van der Waals surface area contributed by atoms with Gasteiger partial charge in [-0.15, -0.1) is 0 Å². The van der Waals surface area contributed by atoms with Crippen LogP contribution in [-0.4, -0.2) is 71.3 Å². The van der Waals surface area contributed by atoms with Gasteiger partial charge in [-0.25, -0.2) is 4.98 Å². The summed E-state index contributed by atoms with van der Waals surface area (Å²) in [4.78, 5) is 26.4. The molecule has 0 unspecified atom stereocenters. The Morgan fingerprint density at radius 1 is 1.39 bits per heavy atom. The third kappa shape index (κ3) is 6.86. The van der Waals surface area contributed by atoms with Crippen LogP contribution >= 0.6 is 0 Å². The second kappa shape index (κ2) is 10.9. The monoisotopic (exact) mass is 451 g/mol. The van der Waals surface area contributed by atoms with Crippen molar-refractivity contribution in [3.8, 4) is 6.07 Å². The van der Waals surface area contributed by atoms with Crippen LogP contribution in [0.3, 0.4) is 0 Å². The number of nitrogens with zero attached hydrogens (tertiary/aromatic N) is 4. The number of rotatable bonds is 8. The molecule has 0 saturated carbocycles. The molecule has 2 aliphatic rings. The molecule has 8 nitrogen and oxygen atoms in total. The fourth-order valence-corrected chi connectivity index (χ4v) is 4.19. The summed E-state index contributed by atoms with van der Waals surface area (Å²) in [5.41, 5.74) is 2.88. The van der Waals surface area contributed by atoms with Gasteiger partial charge in [0.25, 0.3) is 5.91 Å². The fraction of sp³-hybridized carbons (Fsp3) is 0.600. The predicted octanol–water partition coefficient (Wildman–Crippen LogP) is 2.83. The number of carbonyl (C=O) groups excluding carboxylic acids is 1. The molecule has 0 spiro atoms. The number of nitriles is 1. The first-order valence-corrected chi connectivity index (χ1v) is 11.8. The standard InChI is InChI=1S/C25H37N7O/c1-24(2)9-7-19(8-10-24)17-29-21(25(3,4)32-14-12-27-13-15-32)6-5-11-28-23(33)22-30-18-20(16-26)31-22/h5-7,18,27H,8-15,17H2,1-4H3,(H,28,33)(H,30,31)/b6-5-,29-21?. The van der Waals surface area contributed by atoms with Gasteiger partial charge in [-0.1, -0.05) is 31.6 Å². The van der Waals surface area contributed by atoms with E-state index in [2.05, 4.69) is 59.3 Å². The highest BCUT2D eigenvalue weighted by Gasteiger charge is 2.32. The first-order chi connectivity index (χ1) is 15.7. The van der Waals surface area contributed by atoms with Gasteiger partial charge in [-0.3, -0.25) is 14.7 Å². The minimum Gasteiger partial charge on any atom is -0.346 e. The number of hydrogen-bond acceptors (Lipinski definition) is 6. The van der Waals surface area contributed by atoms with Crippen LogP contribution in [0.5, 0.6) is 0 Å². The average Bonchev–Trinajstić information content (AvgIpc) is 3.29. The number of imidazole rings is 1. The predicted molar refractivity (Wildman–Crippen MR) is 131 cm³/mol. The van der Waals surface area contributed by atoms with Crippen molar-refractivity contribution in [3.05, 3.63) is 41.5 Å². The molecule has 1 amide bonds. The molecule has 1 aromatic heterocycles. The number of amides is 1. The highest BCUT2D eigenvalue weighted by atomic mass is 16.2. The fourth-order valence-electron chi connectivity index (χ4n) is 4.19. The van der Waals surface area contributed by atoms with E-state index in [-0.39, 0.29) is 23.0 Å². The van der Waals surface area contributed by atoms with Crippen LogP contribution < -0.4 is 10.6 Å². The van der Waals surface area contributed by atoms with Gasteiger partial charge < -0.3 is 15.6 Å². The Bertz CT molecular complexity index is 956. The van der Waals surface area contributed by atoms with Gasteiger partial charge >= 0.3 is 0 Å². The van der Waals surface area contributed by atoms with Gasteiger partial charge in [0.05, 0.1) is 24.0 Å². The molecule has 178 valence electrons. The number of H-pyrrole nitrogens is 1. The van der Waals surface area contributed by atoms with Gasteiger partial charge in [0, 0.05) is 32.7 Å². The number of aromatic nitrogens is 2. The number of allylic oxidation sites excluding steroid dienone is 1. The quantitative estimate of drug-likeness (QED) is 0.416. The third-order valence-electron chi connectivity index (χ3n) is 6.62. The molecule has 0 radical (unpaired) electrons. The first-order valence-electron chi connectivity index (χ1n) is 11.8. The Morgan fingerprint density at radius 2 is 2.15 bits per heavy atom. The van der Waals surface area contributed by atoms with Crippen molar-refractivity contribution in [2.45, 2.75) is 52.5 Å². The van der Waals surface area contributed by atoms with Crippen molar-refractivity contribution >= 4 is 11.6 Å². The second-order valence-corrected chi connectivity index (χ2v) is 10.1. The van der Waals surface area contributed by atoms with Crippen molar-refractivity contribution in [1.29, 1.82) is 5.26 Å². The summed E-state index contributed by atoms with van der Waals surface area (Å²) in [7, 11) is 0. The van der Waals surface area contributed by atoms with Crippen molar-refractivity contribution in [2.24, 2.45) is 10.4 Å². The summed E-state index contributed by atoms with van der Waals surface area (Å²) in [6, 6.07) is 1.94. The Balaban J connectivity index is 1.68. The minimum atomic E-state index is -0.337. The van der Waals surface area contributed by atoms with E-state index in [1.165, 1.54) is 18.2 Å². The topological polar surface area (TPSA) is 109 Å². The van der Waals surface area contributed by atoms with Gasteiger partial charge in [-0.2, -0.15) is 5.26 Å². The van der Waals surface area contributed by atoms with Crippen LogP contribution in [0.1, 0.15) is 63.3 Å². The molecule has 1 aromatic rings. The maximum absolute atomic E-state index is 12.2. The van der Waals surface area contributed by atoms with E-state index in [1.807, 2.05) is 18.2 Å². The zero-order valence-corrected chi connectivity index (χ0v) is 20.4. The summed E-state index contributed by atoms with van der Waals surface area (Å²) in [5.74, 6) is -0.196. The van der Waals surface area contributed by atoms with Gasteiger partial charge in [0.1, 0.15) is 11.8 Å². The minimum absolute atomic E-state index is 0.141. The lowest BCUT2D eigenvalue weighted by Gasteiger charge is -2.41. The molecule has 1 aliphatic carbocycles. The third-order valence-corrected chi connectivity index (χ3v) is 6.62. The molecule has 0 atom stereocenters. The number of hydrogen-bond donors (Lipinski definition) is 3. The Kier molecular flexibility index (Phi) is 8.22.